The van der Waals surface area contributed by atoms with Gasteiger partial charge in [0.25, 0.3) is 0 Å². The van der Waals surface area contributed by atoms with Crippen molar-refractivity contribution in [3.63, 3.8) is 0 Å². The lowest BCUT2D eigenvalue weighted by Gasteiger charge is -2.03. The van der Waals surface area contributed by atoms with Gasteiger partial charge in [0.15, 0.2) is 0 Å². The lowest BCUT2D eigenvalue weighted by atomic mass is 10.0. The fraction of sp³-hybridized carbons (Fsp3) is 0.154. The third-order valence-corrected chi connectivity index (χ3v) is 2.43. The maximum Gasteiger partial charge on any atom is 0.335 e. The third-order valence-electron chi connectivity index (χ3n) is 2.43. The summed E-state index contributed by atoms with van der Waals surface area (Å²) < 4.78 is 0. The minimum absolute atomic E-state index is 0.0277. The van der Waals surface area contributed by atoms with Crippen LogP contribution in [0.5, 0.6) is 0 Å². The Kier molecular flexibility index (Phi) is 4.82. The molecule has 0 amide bonds. The van der Waals surface area contributed by atoms with E-state index in [9.17, 15) is 9.59 Å². The van der Waals surface area contributed by atoms with Gasteiger partial charge < -0.3 is 15.2 Å². The molecule has 100 valence electrons. The van der Waals surface area contributed by atoms with E-state index < -0.39 is 11.9 Å². The van der Waals surface area contributed by atoms with Crippen LogP contribution in [0.1, 0.15) is 32.1 Å². The molecule has 0 aliphatic heterocycles. The number of carboxylic acids is 2. The second-order valence-corrected chi connectivity index (χ2v) is 3.76. The number of hydrogen-bond acceptors (Lipinski definition) is 3. The normalized spacial score (nSPS) is 9.37. The van der Waals surface area contributed by atoms with Crippen molar-refractivity contribution in [2.75, 3.05) is 0 Å². The number of carboxylic acid groups (broad SMARTS) is 2. The molecule has 0 atom stereocenters. The second kappa shape index (κ2) is 6.34. The summed E-state index contributed by atoms with van der Waals surface area (Å²) in [7, 11) is 0. The molecule has 0 bridgehead atoms. The zero-order chi connectivity index (χ0) is 14.4. The van der Waals surface area contributed by atoms with Gasteiger partial charge in [0.1, 0.15) is 5.82 Å². The molecule has 2 rings (SSSR count). The first kappa shape index (κ1) is 14.4. The van der Waals surface area contributed by atoms with Crippen LogP contribution in [0.3, 0.4) is 0 Å². The van der Waals surface area contributed by atoms with E-state index in [0.29, 0.717) is 0 Å². The van der Waals surface area contributed by atoms with Crippen LogP contribution in [-0.2, 0) is 0 Å². The van der Waals surface area contributed by atoms with Crippen molar-refractivity contribution in [2.24, 2.45) is 0 Å². The molecule has 1 aromatic carbocycles. The van der Waals surface area contributed by atoms with E-state index >= 15 is 0 Å². The van der Waals surface area contributed by atoms with Crippen LogP contribution in [0.4, 0.5) is 0 Å². The Morgan fingerprint density at radius 2 is 1.63 bits per heavy atom. The molecule has 19 heavy (non-hydrogen) atoms. The summed E-state index contributed by atoms with van der Waals surface area (Å²) in [5.74, 6) is -1.25. The fourth-order valence-electron chi connectivity index (χ4n) is 1.44. The van der Waals surface area contributed by atoms with Gasteiger partial charge >= 0.3 is 11.9 Å². The number of hydrogen-bond donors (Lipinski definition) is 3. The van der Waals surface area contributed by atoms with Crippen molar-refractivity contribution in [1.82, 2.24) is 9.97 Å². The smallest absolute Gasteiger partial charge is 0.335 e. The van der Waals surface area contributed by atoms with Crippen LogP contribution in [0.25, 0.3) is 0 Å². The summed E-state index contributed by atoms with van der Waals surface area (Å²) >= 11 is 0. The molecule has 0 spiro atoms. The van der Waals surface area contributed by atoms with Crippen molar-refractivity contribution < 1.29 is 19.8 Å². The van der Waals surface area contributed by atoms with E-state index in [1.54, 1.807) is 12.4 Å². The van der Waals surface area contributed by atoms with Gasteiger partial charge in [-0.2, -0.15) is 0 Å². The molecular weight excluding hydrogens is 248 g/mol. The number of nitrogens with zero attached hydrogens (tertiary/aromatic N) is 1. The number of aromatic nitrogens is 2. The maximum atomic E-state index is 10.6. The summed E-state index contributed by atoms with van der Waals surface area (Å²) in [6, 6.07) is 4.17. The summed E-state index contributed by atoms with van der Waals surface area (Å²) in [6.45, 7) is 3.40. The average molecular weight is 262 g/mol. The highest BCUT2D eigenvalue weighted by Crippen LogP contribution is 2.13. The molecule has 6 nitrogen and oxygen atoms in total. The van der Waals surface area contributed by atoms with Gasteiger partial charge in [-0.25, -0.2) is 14.6 Å². The first-order valence-electron chi connectivity index (χ1n) is 5.45. The van der Waals surface area contributed by atoms with Gasteiger partial charge in [0, 0.05) is 12.4 Å². The first-order chi connectivity index (χ1) is 8.93. The van der Waals surface area contributed by atoms with Crippen molar-refractivity contribution in [3.8, 4) is 0 Å². The number of benzene rings is 1. The Labute approximate surface area is 109 Å². The van der Waals surface area contributed by atoms with Crippen LogP contribution >= 0.6 is 0 Å². The van der Waals surface area contributed by atoms with Gasteiger partial charge in [-0.15, -0.1) is 0 Å². The second-order valence-electron chi connectivity index (χ2n) is 3.76. The minimum Gasteiger partial charge on any atom is -0.478 e. The Hall–Kier alpha value is -2.63. The molecule has 0 radical (unpaired) electrons. The fourth-order valence-corrected chi connectivity index (χ4v) is 1.44. The molecule has 0 aliphatic rings. The van der Waals surface area contributed by atoms with Crippen molar-refractivity contribution in [2.45, 2.75) is 13.8 Å². The van der Waals surface area contributed by atoms with Crippen molar-refractivity contribution in [3.05, 3.63) is 53.1 Å². The number of imidazole rings is 1. The van der Waals surface area contributed by atoms with E-state index in [1.165, 1.54) is 25.1 Å². The highest BCUT2D eigenvalue weighted by atomic mass is 16.4. The molecule has 0 fully saturated rings. The van der Waals surface area contributed by atoms with E-state index in [1.807, 2.05) is 6.92 Å². The quantitative estimate of drug-likeness (QED) is 0.769. The molecule has 3 N–H and O–H groups in total. The zero-order valence-corrected chi connectivity index (χ0v) is 10.5. The van der Waals surface area contributed by atoms with E-state index in [2.05, 4.69) is 9.97 Å². The standard InChI is InChI=1S/C9H8O4.C4H6N2/c1-5-6(8(10)11)3-2-4-7(5)9(12)13;1-4-5-2-3-6-4/h2-4H,1H3,(H,10,11)(H,12,13);2-3H,1H3,(H,5,6). The average Bonchev–Trinajstić information content (AvgIpc) is 2.80. The van der Waals surface area contributed by atoms with E-state index in [-0.39, 0.29) is 16.7 Å². The van der Waals surface area contributed by atoms with Crippen molar-refractivity contribution >= 4 is 11.9 Å². The Bertz CT molecular complexity index is 544. The molecule has 0 saturated heterocycles. The molecule has 0 aliphatic carbocycles. The molecule has 1 aromatic heterocycles. The van der Waals surface area contributed by atoms with Gasteiger partial charge in [0.05, 0.1) is 11.1 Å². The van der Waals surface area contributed by atoms with Crippen LogP contribution in [0, 0.1) is 13.8 Å². The van der Waals surface area contributed by atoms with Gasteiger partial charge in [-0.3, -0.25) is 0 Å². The van der Waals surface area contributed by atoms with Crippen LogP contribution in [-0.4, -0.2) is 32.1 Å². The minimum atomic E-state index is -1.11. The number of rotatable bonds is 2. The summed E-state index contributed by atoms with van der Waals surface area (Å²) in [4.78, 5) is 28.0. The highest BCUT2D eigenvalue weighted by Gasteiger charge is 2.13. The summed E-state index contributed by atoms with van der Waals surface area (Å²) in [5, 5.41) is 17.4. The SMILES string of the molecule is Cc1c(C(=O)O)cccc1C(=O)O.Cc1ncc[nH]1. The lowest BCUT2D eigenvalue weighted by Crippen LogP contribution is -2.06. The van der Waals surface area contributed by atoms with Gasteiger partial charge in [-0.05, 0) is 31.5 Å². The third kappa shape index (κ3) is 3.95. The summed E-state index contributed by atoms with van der Waals surface area (Å²) in [6.07, 6.45) is 3.53. The van der Waals surface area contributed by atoms with E-state index in [0.717, 1.165) is 5.82 Å². The van der Waals surface area contributed by atoms with Crippen molar-refractivity contribution in [1.29, 1.82) is 0 Å². The first-order valence-corrected chi connectivity index (χ1v) is 5.45. The molecule has 0 unspecified atom stereocenters. The largest absolute Gasteiger partial charge is 0.478 e. The molecule has 6 heteroatoms. The summed E-state index contributed by atoms with van der Waals surface area (Å²) in [5.41, 5.74) is 0.335. The number of aromatic amines is 1. The highest BCUT2D eigenvalue weighted by molar-refractivity contribution is 5.96. The molecular formula is C13H14N2O4. The number of nitrogens with one attached hydrogen (secondary N) is 1. The molecule has 2 aromatic rings. The predicted molar refractivity (Wildman–Crippen MR) is 68.4 cm³/mol. The van der Waals surface area contributed by atoms with Gasteiger partial charge in [-0.1, -0.05) is 6.07 Å². The Morgan fingerprint density at radius 3 is 1.89 bits per heavy atom. The zero-order valence-electron chi connectivity index (χ0n) is 10.5. The molecule has 0 saturated carbocycles. The van der Waals surface area contributed by atoms with Crippen LogP contribution in [0.2, 0.25) is 0 Å². The number of aromatic carboxylic acids is 2. The number of carbonyl (C=O) groups is 2. The topological polar surface area (TPSA) is 103 Å². The monoisotopic (exact) mass is 262 g/mol. The van der Waals surface area contributed by atoms with E-state index in [4.69, 9.17) is 10.2 Å². The molecule has 1 heterocycles. The predicted octanol–water partition coefficient (Wildman–Crippen LogP) is 2.11. The van der Waals surface area contributed by atoms with Crippen LogP contribution < -0.4 is 0 Å². The Balaban J connectivity index is 0.000000250. The van der Waals surface area contributed by atoms with Crippen LogP contribution in [0.15, 0.2) is 30.6 Å². The van der Waals surface area contributed by atoms with Gasteiger partial charge in [0.2, 0.25) is 0 Å². The number of aryl methyl sites for hydroxylation is 1. The Morgan fingerprint density at radius 1 is 1.11 bits per heavy atom. The number of H-pyrrole nitrogens is 1. The maximum absolute atomic E-state index is 10.6. The lowest BCUT2D eigenvalue weighted by molar-refractivity contribution is 0.0696.